The van der Waals surface area contributed by atoms with E-state index in [4.69, 9.17) is 4.74 Å². The van der Waals surface area contributed by atoms with Gasteiger partial charge in [-0.15, -0.1) is 5.10 Å². The fourth-order valence-electron chi connectivity index (χ4n) is 2.69. The predicted molar refractivity (Wildman–Crippen MR) is 81.9 cm³/mol. The topological polar surface area (TPSA) is 51.5 Å². The molecule has 0 aliphatic heterocycles. The monoisotopic (exact) mass is 338 g/mol. The first kappa shape index (κ1) is 13.8. The van der Waals surface area contributed by atoms with Crippen LogP contribution in [0.3, 0.4) is 0 Å². The highest BCUT2D eigenvalue weighted by Crippen LogP contribution is 2.44. The molecule has 2 unspecified atom stereocenters. The molecule has 20 heavy (non-hydrogen) atoms. The molecule has 5 nitrogen and oxygen atoms in total. The summed E-state index contributed by atoms with van der Waals surface area (Å²) < 4.78 is 8.51. The third kappa shape index (κ3) is 2.31. The van der Waals surface area contributed by atoms with Crippen molar-refractivity contribution in [3.05, 3.63) is 22.8 Å². The predicted octanol–water partition coefficient (Wildman–Crippen LogP) is 3.11. The lowest BCUT2D eigenvalue weighted by molar-refractivity contribution is -0.0977. The van der Waals surface area contributed by atoms with Gasteiger partial charge in [0.15, 0.2) is 5.65 Å². The zero-order valence-corrected chi connectivity index (χ0v) is 13.5. The van der Waals surface area contributed by atoms with E-state index in [1.165, 1.54) is 0 Å². The van der Waals surface area contributed by atoms with Crippen molar-refractivity contribution in [1.82, 2.24) is 14.6 Å². The Kier molecular flexibility index (Phi) is 3.46. The van der Waals surface area contributed by atoms with Crippen LogP contribution in [0.25, 0.3) is 5.65 Å². The lowest BCUT2D eigenvalue weighted by Crippen LogP contribution is -2.58. The van der Waals surface area contributed by atoms with Gasteiger partial charge in [-0.25, -0.2) is 4.52 Å². The Hall–Kier alpha value is -1.14. The van der Waals surface area contributed by atoms with Gasteiger partial charge in [0.05, 0.1) is 6.10 Å². The van der Waals surface area contributed by atoms with Crippen LogP contribution in [0.4, 0.5) is 5.95 Å². The van der Waals surface area contributed by atoms with Crippen molar-refractivity contribution in [2.75, 3.05) is 11.9 Å². The molecule has 0 bridgehead atoms. The second-order valence-electron chi connectivity index (χ2n) is 5.78. The molecule has 2 aromatic heterocycles. The summed E-state index contributed by atoms with van der Waals surface area (Å²) in [4.78, 5) is 4.49. The summed E-state index contributed by atoms with van der Waals surface area (Å²) in [6, 6.07) is 4.25. The van der Waals surface area contributed by atoms with Crippen LogP contribution in [0.15, 0.2) is 22.8 Å². The Morgan fingerprint density at radius 2 is 2.30 bits per heavy atom. The van der Waals surface area contributed by atoms with Crippen LogP contribution in [0.1, 0.15) is 27.2 Å². The van der Waals surface area contributed by atoms with E-state index in [1.54, 1.807) is 4.52 Å². The van der Waals surface area contributed by atoms with Crippen molar-refractivity contribution in [1.29, 1.82) is 0 Å². The Morgan fingerprint density at radius 3 is 3.00 bits per heavy atom. The van der Waals surface area contributed by atoms with Gasteiger partial charge in [0.25, 0.3) is 0 Å². The number of anilines is 1. The number of hydrogen-bond donors (Lipinski definition) is 1. The second-order valence-corrected chi connectivity index (χ2v) is 6.70. The van der Waals surface area contributed by atoms with E-state index in [1.807, 2.05) is 25.3 Å². The largest absolute Gasteiger partial charge is 0.378 e. The highest BCUT2D eigenvalue weighted by atomic mass is 79.9. The van der Waals surface area contributed by atoms with Crippen molar-refractivity contribution < 1.29 is 4.74 Å². The van der Waals surface area contributed by atoms with Crippen molar-refractivity contribution in [2.45, 2.75) is 39.3 Å². The summed E-state index contributed by atoms with van der Waals surface area (Å²) in [7, 11) is 0. The van der Waals surface area contributed by atoms with Crippen LogP contribution in [0.2, 0.25) is 0 Å². The number of nitrogens with zero attached hydrogens (tertiary/aromatic N) is 3. The molecule has 1 N–H and O–H groups in total. The van der Waals surface area contributed by atoms with Crippen LogP contribution in [0, 0.1) is 5.41 Å². The number of rotatable bonds is 4. The number of aromatic nitrogens is 3. The minimum Gasteiger partial charge on any atom is -0.378 e. The molecule has 0 amide bonds. The lowest BCUT2D eigenvalue weighted by atomic mass is 9.64. The van der Waals surface area contributed by atoms with E-state index in [9.17, 15) is 0 Å². The Balaban J connectivity index is 1.74. The molecule has 3 rings (SSSR count). The standard InChI is InChI=1S/C14H19BrN4O/c1-4-20-11-7-10(14(11,2)3)16-13-17-12-6-5-9(15)8-19(12)18-13/h5-6,8,10-11H,4,7H2,1-3H3,(H,16,18). The number of hydrogen-bond acceptors (Lipinski definition) is 4. The quantitative estimate of drug-likeness (QED) is 0.930. The molecular weight excluding hydrogens is 320 g/mol. The highest BCUT2D eigenvalue weighted by Gasteiger charge is 2.49. The second kappa shape index (κ2) is 5.00. The SMILES string of the molecule is CCOC1CC(Nc2nc3ccc(Br)cn3n2)C1(C)C. The zero-order valence-electron chi connectivity index (χ0n) is 11.9. The Bertz CT molecular complexity index is 625. The maximum atomic E-state index is 5.74. The third-order valence-corrected chi connectivity index (χ3v) is 4.61. The van der Waals surface area contributed by atoms with Crippen LogP contribution in [-0.4, -0.2) is 33.4 Å². The molecule has 1 saturated carbocycles. The molecule has 1 fully saturated rings. The molecule has 1 aliphatic rings. The first-order valence-corrected chi connectivity index (χ1v) is 7.70. The molecule has 0 radical (unpaired) electrons. The molecule has 108 valence electrons. The summed E-state index contributed by atoms with van der Waals surface area (Å²) in [5.41, 5.74) is 0.947. The number of ether oxygens (including phenoxy) is 1. The number of nitrogens with one attached hydrogen (secondary N) is 1. The molecule has 2 atom stereocenters. The van der Waals surface area contributed by atoms with E-state index < -0.39 is 0 Å². The van der Waals surface area contributed by atoms with E-state index >= 15 is 0 Å². The van der Waals surface area contributed by atoms with Gasteiger partial charge in [0.1, 0.15) is 0 Å². The Morgan fingerprint density at radius 1 is 1.50 bits per heavy atom. The molecule has 0 spiro atoms. The van der Waals surface area contributed by atoms with Gasteiger partial charge in [-0.3, -0.25) is 0 Å². The summed E-state index contributed by atoms with van der Waals surface area (Å²) >= 11 is 3.44. The minimum absolute atomic E-state index is 0.105. The minimum atomic E-state index is 0.105. The smallest absolute Gasteiger partial charge is 0.243 e. The van der Waals surface area contributed by atoms with E-state index in [-0.39, 0.29) is 5.41 Å². The summed E-state index contributed by atoms with van der Waals surface area (Å²) in [6.45, 7) is 7.25. The normalized spacial score (nSPS) is 24.6. The van der Waals surface area contributed by atoms with Crippen LogP contribution >= 0.6 is 15.9 Å². The molecule has 0 saturated heterocycles. The van der Waals surface area contributed by atoms with Gasteiger partial charge in [-0.2, -0.15) is 4.98 Å². The molecule has 0 aromatic carbocycles. The third-order valence-electron chi connectivity index (χ3n) is 4.14. The van der Waals surface area contributed by atoms with Crippen LogP contribution in [0.5, 0.6) is 0 Å². The maximum Gasteiger partial charge on any atom is 0.243 e. The van der Waals surface area contributed by atoms with Crippen molar-refractivity contribution in [3.63, 3.8) is 0 Å². The molecule has 2 heterocycles. The van der Waals surface area contributed by atoms with Gasteiger partial charge in [0, 0.05) is 28.7 Å². The molecule has 2 aromatic rings. The fourth-order valence-corrected chi connectivity index (χ4v) is 3.02. The average Bonchev–Trinajstić information content (AvgIpc) is 2.79. The van der Waals surface area contributed by atoms with Gasteiger partial charge >= 0.3 is 0 Å². The first-order valence-electron chi connectivity index (χ1n) is 6.90. The van der Waals surface area contributed by atoms with Crippen LogP contribution in [-0.2, 0) is 4.74 Å². The summed E-state index contributed by atoms with van der Waals surface area (Å²) in [5, 5.41) is 7.88. The number of pyridine rings is 1. The van der Waals surface area contributed by atoms with Crippen molar-refractivity contribution in [2.24, 2.45) is 5.41 Å². The lowest BCUT2D eigenvalue weighted by Gasteiger charge is -2.51. The fraction of sp³-hybridized carbons (Fsp3) is 0.571. The van der Waals surface area contributed by atoms with Crippen molar-refractivity contribution in [3.8, 4) is 0 Å². The van der Waals surface area contributed by atoms with Crippen molar-refractivity contribution >= 4 is 27.5 Å². The number of fused-ring (bicyclic) bond motifs is 1. The Labute approximate surface area is 126 Å². The van der Waals surface area contributed by atoms with E-state index in [2.05, 4.69) is 45.2 Å². The highest BCUT2D eigenvalue weighted by molar-refractivity contribution is 9.10. The zero-order chi connectivity index (χ0) is 14.3. The molecule has 6 heteroatoms. The van der Waals surface area contributed by atoms with Gasteiger partial charge < -0.3 is 10.1 Å². The summed E-state index contributed by atoms with van der Waals surface area (Å²) in [5.74, 6) is 0.677. The maximum absolute atomic E-state index is 5.74. The van der Waals surface area contributed by atoms with Gasteiger partial charge in [-0.1, -0.05) is 13.8 Å². The molecule has 1 aliphatic carbocycles. The average molecular weight is 339 g/mol. The van der Waals surface area contributed by atoms with E-state index in [0.717, 1.165) is 23.1 Å². The number of halogens is 1. The molecular formula is C14H19BrN4O. The summed E-state index contributed by atoms with van der Waals surface area (Å²) in [6.07, 6.45) is 3.22. The first-order chi connectivity index (χ1) is 9.50. The van der Waals surface area contributed by atoms with Crippen LogP contribution < -0.4 is 5.32 Å². The van der Waals surface area contributed by atoms with Gasteiger partial charge in [0.2, 0.25) is 5.95 Å². The van der Waals surface area contributed by atoms with E-state index in [0.29, 0.717) is 18.1 Å². The van der Waals surface area contributed by atoms with Gasteiger partial charge in [-0.05, 0) is 41.4 Å².